The maximum atomic E-state index is 12.2. The lowest BCUT2D eigenvalue weighted by Crippen LogP contribution is -2.30. The lowest BCUT2D eigenvalue weighted by atomic mass is 10.1. The first kappa shape index (κ1) is 16.1. The molecule has 1 aromatic carbocycles. The highest BCUT2D eigenvalue weighted by Gasteiger charge is 2.17. The van der Waals surface area contributed by atoms with Crippen molar-refractivity contribution in [3.8, 4) is 0 Å². The van der Waals surface area contributed by atoms with E-state index in [1.807, 2.05) is 13.8 Å². The van der Waals surface area contributed by atoms with E-state index in [-0.39, 0.29) is 10.8 Å². The van der Waals surface area contributed by atoms with Crippen LogP contribution >= 0.6 is 15.9 Å². The Morgan fingerprint density at radius 1 is 1.37 bits per heavy atom. The highest BCUT2D eigenvalue weighted by atomic mass is 79.9. The second-order valence-corrected chi connectivity index (χ2v) is 7.28. The average molecular weight is 349 g/mol. The molecule has 5 nitrogen and oxygen atoms in total. The van der Waals surface area contributed by atoms with Crippen molar-refractivity contribution in [3.05, 3.63) is 28.2 Å². The minimum absolute atomic E-state index is 0.0804. The molecule has 0 spiro atoms. The summed E-state index contributed by atoms with van der Waals surface area (Å²) in [5.41, 5.74) is 0.293. The number of sulfonamides is 1. The number of carbonyl (C=O) groups excluding carboxylic acids is 1. The summed E-state index contributed by atoms with van der Waals surface area (Å²) in [6.07, 6.45) is 0. The van der Waals surface area contributed by atoms with E-state index in [4.69, 9.17) is 5.14 Å². The lowest BCUT2D eigenvalue weighted by molar-refractivity contribution is 0.0779. The van der Waals surface area contributed by atoms with Gasteiger partial charge in [-0.15, -0.1) is 0 Å². The summed E-state index contributed by atoms with van der Waals surface area (Å²) in [4.78, 5) is 13.7. The van der Waals surface area contributed by atoms with E-state index in [1.165, 1.54) is 12.1 Å². The summed E-state index contributed by atoms with van der Waals surface area (Å²) >= 11 is 3.18. The molecular formula is C12H17BrN2O3S. The van der Waals surface area contributed by atoms with Gasteiger partial charge >= 0.3 is 0 Å². The molecule has 0 bridgehead atoms. The SMILES string of the molecule is CC(C)CN(C)C(=O)c1cc(Br)cc(S(N)(=O)=O)c1. The van der Waals surface area contributed by atoms with Crippen LogP contribution in [0.3, 0.4) is 0 Å². The van der Waals surface area contributed by atoms with E-state index >= 15 is 0 Å². The normalized spacial score (nSPS) is 11.7. The van der Waals surface area contributed by atoms with Gasteiger partial charge < -0.3 is 4.90 Å². The largest absolute Gasteiger partial charge is 0.341 e. The van der Waals surface area contributed by atoms with Crippen LogP contribution in [0.2, 0.25) is 0 Å². The number of hydrogen-bond acceptors (Lipinski definition) is 3. The van der Waals surface area contributed by atoms with Crippen LogP contribution in [-0.2, 0) is 10.0 Å². The van der Waals surface area contributed by atoms with E-state index in [0.717, 1.165) is 0 Å². The molecule has 0 aliphatic rings. The number of hydrogen-bond donors (Lipinski definition) is 1. The zero-order valence-electron chi connectivity index (χ0n) is 11.1. The third kappa shape index (κ3) is 4.59. The molecule has 1 amide bonds. The number of nitrogens with zero attached hydrogens (tertiary/aromatic N) is 1. The molecule has 1 rings (SSSR count). The quantitative estimate of drug-likeness (QED) is 0.900. The van der Waals surface area contributed by atoms with Crippen LogP contribution in [0, 0.1) is 5.92 Å². The number of carbonyl (C=O) groups is 1. The van der Waals surface area contributed by atoms with Crippen molar-refractivity contribution in [2.75, 3.05) is 13.6 Å². The minimum Gasteiger partial charge on any atom is -0.341 e. The summed E-state index contributed by atoms with van der Waals surface area (Å²) in [6, 6.07) is 4.24. The monoisotopic (exact) mass is 348 g/mol. The molecule has 0 saturated carbocycles. The summed E-state index contributed by atoms with van der Waals surface area (Å²) in [5, 5.41) is 5.08. The fourth-order valence-electron chi connectivity index (χ4n) is 1.70. The van der Waals surface area contributed by atoms with Crippen molar-refractivity contribution in [1.29, 1.82) is 0 Å². The van der Waals surface area contributed by atoms with E-state index < -0.39 is 10.0 Å². The maximum absolute atomic E-state index is 12.2. The first-order valence-corrected chi connectivity index (χ1v) is 8.04. The second kappa shape index (κ2) is 6.02. The summed E-state index contributed by atoms with van der Waals surface area (Å²) in [6.45, 7) is 4.59. The van der Waals surface area contributed by atoms with Crippen molar-refractivity contribution in [1.82, 2.24) is 4.90 Å². The standard InChI is InChI=1S/C12H17BrN2O3S/c1-8(2)7-15(3)12(16)9-4-10(13)6-11(5-9)19(14,17)18/h4-6,8H,7H2,1-3H3,(H2,14,17,18). The Morgan fingerprint density at radius 2 is 1.95 bits per heavy atom. The molecule has 0 saturated heterocycles. The Bertz CT molecular complexity index is 585. The van der Waals surface area contributed by atoms with E-state index in [2.05, 4.69) is 15.9 Å². The molecule has 106 valence electrons. The highest BCUT2D eigenvalue weighted by molar-refractivity contribution is 9.10. The number of nitrogens with two attached hydrogens (primary N) is 1. The zero-order chi connectivity index (χ0) is 14.8. The van der Waals surface area contributed by atoms with E-state index in [1.54, 1.807) is 18.0 Å². The van der Waals surface area contributed by atoms with Crippen molar-refractivity contribution >= 4 is 31.9 Å². The molecule has 0 aromatic heterocycles. The number of primary sulfonamides is 1. The third-order valence-electron chi connectivity index (χ3n) is 2.43. The number of benzene rings is 1. The molecule has 0 atom stereocenters. The second-order valence-electron chi connectivity index (χ2n) is 4.80. The Labute approximate surface area is 122 Å². The van der Waals surface area contributed by atoms with Gasteiger partial charge in [-0.1, -0.05) is 29.8 Å². The fourth-order valence-corrected chi connectivity index (χ4v) is 2.93. The topological polar surface area (TPSA) is 80.5 Å². The van der Waals surface area contributed by atoms with Crippen LogP contribution in [-0.4, -0.2) is 32.8 Å². The summed E-state index contributed by atoms with van der Waals surface area (Å²) in [7, 11) is -2.15. The van der Waals surface area contributed by atoms with Crippen molar-refractivity contribution in [3.63, 3.8) is 0 Å². The van der Waals surface area contributed by atoms with Gasteiger partial charge in [-0.05, 0) is 24.1 Å². The van der Waals surface area contributed by atoms with Crippen LogP contribution in [0.1, 0.15) is 24.2 Å². The Morgan fingerprint density at radius 3 is 2.42 bits per heavy atom. The number of halogens is 1. The van der Waals surface area contributed by atoms with Gasteiger partial charge in [-0.25, -0.2) is 13.6 Å². The molecule has 1 aromatic rings. The molecule has 7 heteroatoms. The molecule has 0 radical (unpaired) electrons. The fraction of sp³-hybridized carbons (Fsp3) is 0.417. The van der Waals surface area contributed by atoms with E-state index in [0.29, 0.717) is 22.5 Å². The van der Waals surface area contributed by atoms with Gasteiger partial charge in [0.15, 0.2) is 0 Å². The van der Waals surface area contributed by atoms with E-state index in [9.17, 15) is 13.2 Å². The molecule has 0 aliphatic carbocycles. The predicted octanol–water partition coefficient (Wildman–Crippen LogP) is 1.82. The van der Waals surface area contributed by atoms with Crippen LogP contribution in [0.5, 0.6) is 0 Å². The smallest absolute Gasteiger partial charge is 0.253 e. The maximum Gasteiger partial charge on any atom is 0.253 e. The van der Waals surface area contributed by atoms with Crippen LogP contribution in [0.15, 0.2) is 27.6 Å². The summed E-state index contributed by atoms with van der Waals surface area (Å²) < 4.78 is 23.2. The molecular weight excluding hydrogens is 332 g/mol. The van der Waals surface area contributed by atoms with Gasteiger partial charge in [0, 0.05) is 23.6 Å². The zero-order valence-corrected chi connectivity index (χ0v) is 13.5. The molecule has 0 unspecified atom stereocenters. The Kier molecular flexibility index (Phi) is 5.11. The van der Waals surface area contributed by atoms with Gasteiger partial charge in [0.2, 0.25) is 10.0 Å². The Hall–Kier alpha value is -0.920. The predicted molar refractivity (Wildman–Crippen MR) is 77.3 cm³/mol. The first-order valence-electron chi connectivity index (χ1n) is 5.70. The molecule has 2 N–H and O–H groups in total. The average Bonchev–Trinajstić information content (AvgIpc) is 2.25. The van der Waals surface area contributed by atoms with Gasteiger partial charge in [0.05, 0.1) is 4.90 Å². The van der Waals surface area contributed by atoms with Crippen molar-refractivity contribution in [2.45, 2.75) is 18.7 Å². The molecule has 0 aliphatic heterocycles. The van der Waals surface area contributed by atoms with Gasteiger partial charge in [-0.2, -0.15) is 0 Å². The molecule has 0 heterocycles. The molecule has 19 heavy (non-hydrogen) atoms. The van der Waals surface area contributed by atoms with Crippen molar-refractivity contribution in [2.24, 2.45) is 11.1 Å². The molecule has 0 fully saturated rings. The first-order chi connectivity index (χ1) is 8.61. The summed E-state index contributed by atoms with van der Waals surface area (Å²) in [5.74, 6) is 0.0960. The van der Waals surface area contributed by atoms with Crippen LogP contribution in [0.4, 0.5) is 0 Å². The Balaban J connectivity index is 3.14. The van der Waals surface area contributed by atoms with Crippen molar-refractivity contribution < 1.29 is 13.2 Å². The third-order valence-corrected chi connectivity index (χ3v) is 3.78. The van der Waals surface area contributed by atoms with Crippen LogP contribution < -0.4 is 5.14 Å². The highest BCUT2D eigenvalue weighted by Crippen LogP contribution is 2.20. The number of amides is 1. The number of rotatable bonds is 4. The van der Waals surface area contributed by atoms with Crippen LogP contribution in [0.25, 0.3) is 0 Å². The lowest BCUT2D eigenvalue weighted by Gasteiger charge is -2.19. The van der Waals surface area contributed by atoms with Gasteiger partial charge in [0.1, 0.15) is 0 Å². The van der Waals surface area contributed by atoms with Gasteiger partial charge in [0.25, 0.3) is 5.91 Å². The minimum atomic E-state index is -3.83. The van der Waals surface area contributed by atoms with Gasteiger partial charge in [-0.3, -0.25) is 4.79 Å².